The van der Waals surface area contributed by atoms with Gasteiger partial charge in [0, 0.05) is 22.2 Å². The van der Waals surface area contributed by atoms with Crippen molar-refractivity contribution in [3.63, 3.8) is 0 Å². The van der Waals surface area contributed by atoms with E-state index in [9.17, 15) is 0 Å². The van der Waals surface area contributed by atoms with Crippen LogP contribution in [0, 0.1) is 12.3 Å². The second kappa shape index (κ2) is 6.99. The van der Waals surface area contributed by atoms with Crippen molar-refractivity contribution in [2.75, 3.05) is 11.9 Å². The Kier molecular flexibility index (Phi) is 5.48. The molecular formula is C17H20ClNOS2. The smallest absolute Gasteiger partial charge is 0.139 e. The molecule has 1 N–H and O–H groups in total. The monoisotopic (exact) mass is 353 g/mol. The maximum absolute atomic E-state index is 6.20. The van der Waals surface area contributed by atoms with Crippen molar-refractivity contribution >= 4 is 45.8 Å². The molecule has 0 fully saturated rings. The number of halogens is 1. The topological polar surface area (TPSA) is 21.3 Å². The van der Waals surface area contributed by atoms with Crippen LogP contribution in [0.4, 0.5) is 5.69 Å². The molecule has 0 amide bonds. The number of hydrogen-bond acceptors (Lipinski definition) is 3. The lowest BCUT2D eigenvalue weighted by Gasteiger charge is -2.20. The first-order valence-electron chi connectivity index (χ1n) is 7.04. The maximum Gasteiger partial charge on any atom is 0.139 e. The molecule has 0 bridgehead atoms. The van der Waals surface area contributed by atoms with Crippen LogP contribution in [0.5, 0.6) is 5.75 Å². The lowest BCUT2D eigenvalue weighted by atomic mass is 9.99. The molecule has 2 aromatic rings. The number of benzene rings is 1. The van der Waals surface area contributed by atoms with Gasteiger partial charge in [0.05, 0.1) is 11.6 Å². The Hall–Kier alpha value is -1.10. The van der Waals surface area contributed by atoms with E-state index in [-0.39, 0.29) is 5.41 Å². The Labute approximate surface area is 146 Å². The minimum atomic E-state index is 0.0792. The van der Waals surface area contributed by atoms with Gasteiger partial charge in [-0.25, -0.2) is 0 Å². The summed E-state index contributed by atoms with van der Waals surface area (Å²) in [4.78, 5) is 1.92. The van der Waals surface area contributed by atoms with Crippen LogP contribution in [0.1, 0.15) is 31.2 Å². The van der Waals surface area contributed by atoms with Crippen molar-refractivity contribution in [3.8, 4) is 5.75 Å². The number of aryl methyl sites for hydroxylation is 1. The summed E-state index contributed by atoms with van der Waals surface area (Å²) < 4.78 is 5.82. The molecule has 1 heterocycles. The van der Waals surface area contributed by atoms with Crippen LogP contribution in [0.15, 0.2) is 29.6 Å². The van der Waals surface area contributed by atoms with Gasteiger partial charge >= 0.3 is 0 Å². The molecule has 1 aromatic heterocycles. The van der Waals surface area contributed by atoms with Gasteiger partial charge in [-0.15, -0.1) is 11.3 Å². The van der Waals surface area contributed by atoms with Crippen molar-refractivity contribution < 1.29 is 4.74 Å². The fraction of sp³-hybridized carbons (Fsp3) is 0.353. The molecule has 2 rings (SSSR count). The first kappa shape index (κ1) is 17.3. The van der Waals surface area contributed by atoms with Crippen LogP contribution in [-0.4, -0.2) is 11.6 Å². The number of hydrogen-bond donors (Lipinski definition) is 1. The van der Waals surface area contributed by atoms with E-state index in [1.165, 1.54) is 4.88 Å². The van der Waals surface area contributed by atoms with Crippen LogP contribution in [-0.2, 0) is 0 Å². The molecule has 118 valence electrons. The zero-order valence-corrected chi connectivity index (χ0v) is 15.6. The van der Waals surface area contributed by atoms with E-state index in [1.54, 1.807) is 11.3 Å². The van der Waals surface area contributed by atoms with Gasteiger partial charge in [0.25, 0.3) is 0 Å². The van der Waals surface area contributed by atoms with E-state index in [4.69, 9.17) is 28.6 Å². The summed E-state index contributed by atoms with van der Waals surface area (Å²) in [7, 11) is 0. The van der Waals surface area contributed by atoms with E-state index in [0.29, 0.717) is 22.4 Å². The molecule has 0 atom stereocenters. The Bertz CT molecular complexity index is 674. The number of ether oxygens (including phenoxy) is 1. The first-order valence-corrected chi connectivity index (χ1v) is 8.71. The summed E-state index contributed by atoms with van der Waals surface area (Å²) >= 11 is 13.4. The third kappa shape index (κ3) is 4.70. The fourth-order valence-corrected chi connectivity index (χ4v) is 3.09. The summed E-state index contributed by atoms with van der Waals surface area (Å²) in [6, 6.07) is 7.65. The zero-order valence-electron chi connectivity index (χ0n) is 13.2. The highest BCUT2D eigenvalue weighted by molar-refractivity contribution is 7.81. The van der Waals surface area contributed by atoms with E-state index in [1.807, 2.05) is 29.6 Å². The molecule has 0 aliphatic heterocycles. The Balaban J connectivity index is 2.12. The summed E-state index contributed by atoms with van der Waals surface area (Å²) in [5.41, 5.74) is 2.02. The van der Waals surface area contributed by atoms with E-state index >= 15 is 0 Å². The van der Waals surface area contributed by atoms with E-state index in [0.717, 1.165) is 11.3 Å². The molecule has 0 saturated carbocycles. The van der Waals surface area contributed by atoms with Crippen LogP contribution >= 0.6 is 35.2 Å². The largest absolute Gasteiger partial charge is 0.491 e. The summed E-state index contributed by atoms with van der Waals surface area (Å²) in [6.45, 7) is 9.03. The molecule has 22 heavy (non-hydrogen) atoms. The van der Waals surface area contributed by atoms with Crippen LogP contribution in [0.25, 0.3) is 0 Å². The molecule has 1 aromatic carbocycles. The normalized spacial score (nSPS) is 11.3. The first-order chi connectivity index (χ1) is 10.3. The Morgan fingerprint density at radius 1 is 1.32 bits per heavy atom. The second-order valence-electron chi connectivity index (χ2n) is 6.34. The van der Waals surface area contributed by atoms with E-state index < -0.39 is 0 Å². The van der Waals surface area contributed by atoms with Crippen molar-refractivity contribution in [1.29, 1.82) is 0 Å². The second-order valence-corrected chi connectivity index (χ2v) is 8.27. The number of thiophene rings is 1. The molecule has 2 nitrogen and oxygen atoms in total. The number of nitrogens with one attached hydrogen (secondary N) is 1. The molecule has 0 unspecified atom stereocenters. The van der Waals surface area contributed by atoms with Gasteiger partial charge in [0.15, 0.2) is 0 Å². The average molecular weight is 354 g/mol. The highest BCUT2D eigenvalue weighted by Crippen LogP contribution is 2.30. The van der Waals surface area contributed by atoms with Crippen molar-refractivity contribution in [3.05, 3.63) is 45.1 Å². The third-order valence-electron chi connectivity index (χ3n) is 2.95. The van der Waals surface area contributed by atoms with Gasteiger partial charge in [-0.1, -0.05) is 44.6 Å². The number of thiocarbonyl (C=S) groups is 1. The lowest BCUT2D eigenvalue weighted by Crippen LogP contribution is -2.17. The minimum absolute atomic E-state index is 0.0792. The highest BCUT2D eigenvalue weighted by atomic mass is 35.5. The molecule has 5 heteroatoms. The van der Waals surface area contributed by atoms with E-state index in [2.05, 4.69) is 33.0 Å². The highest BCUT2D eigenvalue weighted by Gasteiger charge is 2.13. The van der Waals surface area contributed by atoms with Crippen molar-refractivity contribution in [2.24, 2.45) is 5.41 Å². The van der Waals surface area contributed by atoms with Gasteiger partial charge in [-0.3, -0.25) is 0 Å². The van der Waals surface area contributed by atoms with Gasteiger partial charge in [-0.05, 0) is 35.9 Å². The third-order valence-corrected chi connectivity index (χ3v) is 4.43. The summed E-state index contributed by atoms with van der Waals surface area (Å²) in [5, 5.41) is 5.89. The molecule has 0 aliphatic carbocycles. The number of rotatable bonds is 4. The van der Waals surface area contributed by atoms with Gasteiger partial charge < -0.3 is 10.1 Å². The molecule has 0 aliphatic rings. The molecule has 0 radical (unpaired) electrons. The average Bonchev–Trinajstić information content (AvgIpc) is 2.84. The lowest BCUT2D eigenvalue weighted by molar-refractivity contribution is 0.198. The Morgan fingerprint density at radius 3 is 2.64 bits per heavy atom. The zero-order chi connectivity index (χ0) is 16.3. The van der Waals surface area contributed by atoms with Gasteiger partial charge in [-0.2, -0.15) is 0 Å². The van der Waals surface area contributed by atoms with Crippen LogP contribution in [0.3, 0.4) is 0 Å². The molecule has 0 saturated heterocycles. The standard InChI is InChI=1S/C17H20ClNOS2/c1-11-13(7-8-22-11)16(21)19-12-5-6-14(18)15(9-12)20-10-17(2,3)4/h5-9H,10H2,1-4H3,(H,19,21). The summed E-state index contributed by atoms with van der Waals surface area (Å²) in [6.07, 6.45) is 0. The fourth-order valence-electron chi connectivity index (χ4n) is 1.80. The van der Waals surface area contributed by atoms with Gasteiger partial charge in [0.1, 0.15) is 10.7 Å². The maximum atomic E-state index is 6.20. The van der Waals surface area contributed by atoms with Gasteiger partial charge in [0.2, 0.25) is 0 Å². The van der Waals surface area contributed by atoms with Crippen molar-refractivity contribution in [2.45, 2.75) is 27.7 Å². The molecule has 0 spiro atoms. The van der Waals surface area contributed by atoms with Crippen LogP contribution in [0.2, 0.25) is 5.02 Å². The predicted molar refractivity (Wildman–Crippen MR) is 101 cm³/mol. The quantitative estimate of drug-likeness (QED) is 0.689. The predicted octanol–water partition coefficient (Wildman–Crippen LogP) is 5.92. The summed E-state index contributed by atoms with van der Waals surface area (Å²) in [5.74, 6) is 0.673. The molecular weight excluding hydrogens is 334 g/mol. The van der Waals surface area contributed by atoms with Crippen molar-refractivity contribution in [1.82, 2.24) is 0 Å². The SMILES string of the molecule is Cc1sccc1C(=S)Nc1ccc(Cl)c(OCC(C)(C)C)c1. The minimum Gasteiger partial charge on any atom is -0.491 e. The Morgan fingerprint density at radius 2 is 2.05 bits per heavy atom. The van der Waals surface area contributed by atoms with Crippen LogP contribution < -0.4 is 10.1 Å². The number of anilines is 1.